The molecule has 0 aliphatic carbocycles. The molecule has 7 heteroatoms. The van der Waals surface area contributed by atoms with Gasteiger partial charge in [-0.25, -0.2) is 4.79 Å². The van der Waals surface area contributed by atoms with E-state index in [2.05, 4.69) is 30.6 Å². The molecule has 0 unspecified atom stereocenters. The fraction of sp³-hybridized carbons (Fsp3) is 0.280. The molecule has 1 aromatic heterocycles. The minimum atomic E-state index is -0.386. The zero-order valence-corrected chi connectivity index (χ0v) is 19.1. The third kappa shape index (κ3) is 7.34. The fourth-order valence-corrected chi connectivity index (χ4v) is 3.07. The Bertz CT molecular complexity index is 1070. The number of fused-ring (bicyclic) bond motifs is 1. The van der Waals surface area contributed by atoms with E-state index in [1.165, 1.54) is 0 Å². The molecule has 0 radical (unpaired) electrons. The predicted molar refractivity (Wildman–Crippen MR) is 135 cm³/mol. The van der Waals surface area contributed by atoms with E-state index >= 15 is 0 Å². The lowest BCUT2D eigenvalue weighted by Crippen LogP contribution is -2.21. The molecule has 0 atom stereocenters. The molecule has 6 nitrogen and oxygen atoms in total. The van der Waals surface area contributed by atoms with Gasteiger partial charge in [-0.05, 0) is 56.0 Å². The number of ether oxygens (including phenoxy) is 1. The summed E-state index contributed by atoms with van der Waals surface area (Å²) in [7, 11) is 1.76. The molecule has 0 saturated carbocycles. The fourth-order valence-electron chi connectivity index (χ4n) is 3.07. The van der Waals surface area contributed by atoms with Crippen LogP contribution in [0.4, 0.5) is 5.69 Å². The second-order valence-corrected chi connectivity index (χ2v) is 6.98. The summed E-state index contributed by atoms with van der Waals surface area (Å²) >= 11 is 0. The standard InChI is InChI=1S/C25H31BN2O4/c1-4-7-19(12-13-27-14-15-31-24(29)18-26)8-9-21-16-20-10-11-22(28(5-2)6-3)17-23(20)32-25(21)30/h4,7-13,16-17,27H,1,5-6,14-15,18,26H2,2-3H3/b9-8+,13-12-,19-7-. The van der Waals surface area contributed by atoms with E-state index in [1.54, 1.807) is 26.2 Å². The molecule has 2 aromatic rings. The molecule has 0 saturated heterocycles. The SMILES string of the molecule is BCC(=O)OCCN\C=C/C(=C\C=C)/C=C/c1cc2ccc(N(CC)CC)cc2oc1=O. The number of carbonyl (C=O) groups excluding carboxylic acids is 1. The molecule has 0 bridgehead atoms. The maximum Gasteiger partial charge on any atom is 0.343 e. The molecule has 2 rings (SSSR count). The molecule has 0 amide bonds. The smallest absolute Gasteiger partial charge is 0.343 e. The number of anilines is 1. The van der Waals surface area contributed by atoms with Gasteiger partial charge in [0.1, 0.15) is 20.0 Å². The van der Waals surface area contributed by atoms with Gasteiger partial charge in [-0.1, -0.05) is 24.8 Å². The summed E-state index contributed by atoms with van der Waals surface area (Å²) < 4.78 is 10.6. The van der Waals surface area contributed by atoms with E-state index in [0.717, 1.165) is 29.7 Å². The van der Waals surface area contributed by atoms with Gasteiger partial charge in [0.2, 0.25) is 0 Å². The van der Waals surface area contributed by atoms with E-state index in [-0.39, 0.29) is 11.6 Å². The summed E-state index contributed by atoms with van der Waals surface area (Å²) in [6.45, 7) is 10.5. The van der Waals surface area contributed by atoms with Gasteiger partial charge in [0, 0.05) is 43.1 Å². The lowest BCUT2D eigenvalue weighted by atomic mass is 10.1. The Kier molecular flexibility index (Phi) is 10.1. The summed E-state index contributed by atoms with van der Waals surface area (Å²) in [6.07, 6.45) is 11.0. The number of carbonyl (C=O) groups is 1. The lowest BCUT2D eigenvalue weighted by molar-refractivity contribution is -0.140. The lowest BCUT2D eigenvalue weighted by Gasteiger charge is -2.20. The minimum absolute atomic E-state index is 0.218. The molecule has 168 valence electrons. The van der Waals surface area contributed by atoms with Crippen LogP contribution in [0, 0.1) is 0 Å². The monoisotopic (exact) mass is 434 g/mol. The first kappa shape index (κ1) is 24.8. The first-order valence-electron chi connectivity index (χ1n) is 10.9. The van der Waals surface area contributed by atoms with Crippen molar-refractivity contribution in [2.45, 2.75) is 20.2 Å². The number of hydrogen-bond acceptors (Lipinski definition) is 6. The van der Waals surface area contributed by atoms with Crippen LogP contribution < -0.4 is 15.8 Å². The van der Waals surface area contributed by atoms with Crippen molar-refractivity contribution >= 4 is 36.5 Å². The van der Waals surface area contributed by atoms with Gasteiger partial charge in [0.15, 0.2) is 0 Å². The zero-order chi connectivity index (χ0) is 23.3. The van der Waals surface area contributed by atoms with Crippen LogP contribution in [0.15, 0.2) is 76.1 Å². The summed E-state index contributed by atoms with van der Waals surface area (Å²) in [5.74, 6) is -0.218. The molecule has 1 heterocycles. The maximum absolute atomic E-state index is 12.5. The van der Waals surface area contributed by atoms with E-state index in [9.17, 15) is 9.59 Å². The Balaban J connectivity index is 2.11. The highest BCUT2D eigenvalue weighted by Crippen LogP contribution is 2.22. The number of nitrogens with zero attached hydrogens (tertiary/aromatic N) is 1. The van der Waals surface area contributed by atoms with Crippen LogP contribution in [-0.4, -0.2) is 40.1 Å². The molecule has 0 aliphatic rings. The van der Waals surface area contributed by atoms with Crippen LogP contribution >= 0.6 is 0 Å². The second kappa shape index (κ2) is 13.0. The van der Waals surface area contributed by atoms with Crippen molar-refractivity contribution in [3.05, 3.63) is 82.9 Å². The van der Waals surface area contributed by atoms with E-state index in [0.29, 0.717) is 30.6 Å². The Morgan fingerprint density at radius 2 is 2.03 bits per heavy atom. The van der Waals surface area contributed by atoms with Crippen LogP contribution in [0.3, 0.4) is 0 Å². The maximum atomic E-state index is 12.5. The minimum Gasteiger partial charge on any atom is -0.464 e. The van der Waals surface area contributed by atoms with Crippen LogP contribution in [0.25, 0.3) is 17.0 Å². The normalized spacial score (nSPS) is 11.9. The molecule has 0 spiro atoms. The van der Waals surface area contributed by atoms with Crippen LogP contribution in [0.5, 0.6) is 0 Å². The number of nitrogens with one attached hydrogen (secondary N) is 1. The van der Waals surface area contributed by atoms with Gasteiger partial charge >= 0.3 is 5.63 Å². The molecular weight excluding hydrogens is 403 g/mol. The summed E-state index contributed by atoms with van der Waals surface area (Å²) in [4.78, 5) is 25.8. The first-order chi connectivity index (χ1) is 15.5. The Labute approximate surface area is 190 Å². The average molecular weight is 434 g/mol. The van der Waals surface area contributed by atoms with Crippen molar-refractivity contribution in [1.82, 2.24) is 5.32 Å². The first-order valence-corrected chi connectivity index (χ1v) is 10.9. The Hall–Kier alpha value is -3.48. The second-order valence-electron chi connectivity index (χ2n) is 6.98. The third-order valence-corrected chi connectivity index (χ3v) is 4.83. The highest BCUT2D eigenvalue weighted by molar-refractivity contribution is 6.18. The number of allylic oxidation sites excluding steroid dienone is 5. The van der Waals surface area contributed by atoms with Crippen molar-refractivity contribution in [3.8, 4) is 0 Å². The number of hydrogen-bond donors (Lipinski definition) is 1. The van der Waals surface area contributed by atoms with Gasteiger partial charge in [0.05, 0.1) is 5.56 Å². The van der Waals surface area contributed by atoms with Crippen molar-refractivity contribution in [2.75, 3.05) is 31.1 Å². The Morgan fingerprint density at radius 1 is 1.25 bits per heavy atom. The number of esters is 1. The third-order valence-electron chi connectivity index (χ3n) is 4.83. The molecule has 0 aliphatic heterocycles. The van der Waals surface area contributed by atoms with Crippen molar-refractivity contribution in [3.63, 3.8) is 0 Å². The predicted octanol–water partition coefficient (Wildman–Crippen LogP) is 3.46. The van der Waals surface area contributed by atoms with Gasteiger partial charge in [-0.2, -0.15) is 0 Å². The zero-order valence-electron chi connectivity index (χ0n) is 19.1. The molecule has 1 aromatic carbocycles. The highest BCUT2D eigenvalue weighted by atomic mass is 16.5. The van der Waals surface area contributed by atoms with Crippen LogP contribution in [0.2, 0.25) is 6.32 Å². The topological polar surface area (TPSA) is 71.8 Å². The van der Waals surface area contributed by atoms with Crippen LogP contribution in [-0.2, 0) is 9.53 Å². The summed E-state index contributed by atoms with van der Waals surface area (Å²) in [6, 6.07) is 7.75. The summed E-state index contributed by atoms with van der Waals surface area (Å²) in [5.41, 5.74) is 2.53. The molecular formula is C25H31BN2O4. The van der Waals surface area contributed by atoms with Gasteiger partial charge in [-0.3, -0.25) is 4.79 Å². The summed E-state index contributed by atoms with van der Waals surface area (Å²) in [5, 5.41) is 3.93. The molecule has 32 heavy (non-hydrogen) atoms. The van der Waals surface area contributed by atoms with Crippen molar-refractivity contribution in [1.29, 1.82) is 0 Å². The van der Waals surface area contributed by atoms with E-state index in [4.69, 9.17) is 9.15 Å². The van der Waals surface area contributed by atoms with Crippen LogP contribution in [0.1, 0.15) is 19.4 Å². The van der Waals surface area contributed by atoms with E-state index in [1.807, 2.05) is 42.5 Å². The Morgan fingerprint density at radius 3 is 2.72 bits per heavy atom. The van der Waals surface area contributed by atoms with Gasteiger partial charge in [0.25, 0.3) is 5.97 Å². The highest BCUT2D eigenvalue weighted by Gasteiger charge is 2.07. The largest absolute Gasteiger partial charge is 0.464 e. The van der Waals surface area contributed by atoms with Gasteiger partial charge in [-0.15, -0.1) is 0 Å². The van der Waals surface area contributed by atoms with Gasteiger partial charge < -0.3 is 19.4 Å². The number of rotatable bonds is 12. The quantitative estimate of drug-likeness (QED) is 0.181. The molecule has 1 N–H and O–H groups in total. The average Bonchev–Trinajstić information content (AvgIpc) is 2.80. The van der Waals surface area contributed by atoms with E-state index < -0.39 is 0 Å². The molecule has 0 fully saturated rings. The number of benzene rings is 1. The van der Waals surface area contributed by atoms with Crippen molar-refractivity contribution < 1.29 is 13.9 Å². The van der Waals surface area contributed by atoms with Crippen molar-refractivity contribution in [2.24, 2.45) is 0 Å².